The summed E-state index contributed by atoms with van der Waals surface area (Å²) in [6, 6.07) is 17.1. The van der Waals surface area contributed by atoms with E-state index in [2.05, 4.69) is 27.3 Å². The molecule has 1 N–H and O–H groups in total. The van der Waals surface area contributed by atoms with E-state index in [4.69, 9.17) is 10.00 Å². The SMILES string of the molecule is CCOc1ccccc1N1CCN(CC(=O)Nc2cccc(C#N)c2)CC1. The van der Waals surface area contributed by atoms with Crippen LogP contribution in [0.1, 0.15) is 12.5 Å². The fourth-order valence-electron chi connectivity index (χ4n) is 3.21. The summed E-state index contributed by atoms with van der Waals surface area (Å²) in [5.41, 5.74) is 2.30. The molecule has 1 saturated heterocycles. The van der Waals surface area contributed by atoms with E-state index in [1.165, 1.54) is 0 Å². The molecular weight excluding hydrogens is 340 g/mol. The van der Waals surface area contributed by atoms with Crippen molar-refractivity contribution in [3.63, 3.8) is 0 Å². The average molecular weight is 364 g/mol. The molecule has 27 heavy (non-hydrogen) atoms. The van der Waals surface area contributed by atoms with Crippen molar-refractivity contribution in [3.8, 4) is 11.8 Å². The van der Waals surface area contributed by atoms with Gasteiger partial charge in [0.15, 0.2) is 0 Å². The van der Waals surface area contributed by atoms with E-state index < -0.39 is 0 Å². The number of nitrogens with one attached hydrogen (secondary N) is 1. The van der Waals surface area contributed by atoms with E-state index in [1.807, 2.05) is 25.1 Å². The normalized spacial score (nSPS) is 14.4. The lowest BCUT2D eigenvalue weighted by molar-refractivity contribution is -0.117. The molecule has 140 valence electrons. The van der Waals surface area contributed by atoms with Crippen molar-refractivity contribution in [2.45, 2.75) is 6.92 Å². The van der Waals surface area contributed by atoms with E-state index >= 15 is 0 Å². The number of anilines is 2. The van der Waals surface area contributed by atoms with Gasteiger partial charge in [-0.2, -0.15) is 5.26 Å². The molecule has 0 spiro atoms. The van der Waals surface area contributed by atoms with Crippen molar-refractivity contribution in [1.82, 2.24) is 4.90 Å². The lowest BCUT2D eigenvalue weighted by Crippen LogP contribution is -2.48. The van der Waals surface area contributed by atoms with Gasteiger partial charge in [0, 0.05) is 31.9 Å². The van der Waals surface area contributed by atoms with Crippen LogP contribution in [-0.4, -0.2) is 50.1 Å². The van der Waals surface area contributed by atoms with Gasteiger partial charge < -0.3 is 15.0 Å². The monoisotopic (exact) mass is 364 g/mol. The lowest BCUT2D eigenvalue weighted by Gasteiger charge is -2.36. The number of amides is 1. The first-order valence-electron chi connectivity index (χ1n) is 9.18. The van der Waals surface area contributed by atoms with Gasteiger partial charge in [-0.1, -0.05) is 18.2 Å². The standard InChI is InChI=1S/C21H24N4O2/c1-2-27-20-9-4-3-8-19(20)25-12-10-24(11-13-25)16-21(26)23-18-7-5-6-17(14-18)15-22/h3-9,14H,2,10-13,16H2,1H3,(H,23,26). The van der Waals surface area contributed by atoms with Crippen LogP contribution in [0.4, 0.5) is 11.4 Å². The van der Waals surface area contributed by atoms with E-state index in [-0.39, 0.29) is 5.91 Å². The first-order valence-corrected chi connectivity index (χ1v) is 9.18. The van der Waals surface area contributed by atoms with Gasteiger partial charge in [-0.3, -0.25) is 9.69 Å². The van der Waals surface area contributed by atoms with E-state index in [0.29, 0.717) is 24.4 Å². The Kier molecular flexibility index (Phi) is 6.29. The number of hydrogen-bond acceptors (Lipinski definition) is 5. The Labute approximate surface area is 160 Å². The zero-order valence-corrected chi connectivity index (χ0v) is 15.5. The summed E-state index contributed by atoms with van der Waals surface area (Å²) in [6.07, 6.45) is 0. The largest absolute Gasteiger partial charge is 0.492 e. The van der Waals surface area contributed by atoms with Crippen LogP contribution in [0.2, 0.25) is 0 Å². The summed E-state index contributed by atoms with van der Waals surface area (Å²) in [5, 5.41) is 11.8. The molecule has 0 saturated carbocycles. The van der Waals surface area contributed by atoms with Crippen LogP contribution >= 0.6 is 0 Å². The number of ether oxygens (including phenoxy) is 1. The summed E-state index contributed by atoms with van der Waals surface area (Å²) in [5.74, 6) is 0.844. The number of benzene rings is 2. The summed E-state index contributed by atoms with van der Waals surface area (Å²) in [7, 11) is 0. The maximum absolute atomic E-state index is 12.3. The fourth-order valence-corrected chi connectivity index (χ4v) is 3.21. The summed E-state index contributed by atoms with van der Waals surface area (Å²) < 4.78 is 5.72. The number of hydrogen-bond donors (Lipinski definition) is 1. The molecule has 6 heteroatoms. The molecule has 0 aliphatic carbocycles. The average Bonchev–Trinajstić information content (AvgIpc) is 2.69. The van der Waals surface area contributed by atoms with Crippen molar-refractivity contribution < 1.29 is 9.53 Å². The lowest BCUT2D eigenvalue weighted by atomic mass is 10.2. The number of carbonyl (C=O) groups is 1. The van der Waals surface area contributed by atoms with Gasteiger partial charge >= 0.3 is 0 Å². The molecule has 1 aliphatic rings. The molecule has 1 heterocycles. The van der Waals surface area contributed by atoms with Crippen molar-refractivity contribution in [3.05, 3.63) is 54.1 Å². The number of rotatable bonds is 6. The smallest absolute Gasteiger partial charge is 0.238 e. The minimum absolute atomic E-state index is 0.0618. The molecule has 0 atom stereocenters. The third kappa shape index (κ3) is 4.99. The van der Waals surface area contributed by atoms with Gasteiger partial charge in [0.1, 0.15) is 5.75 Å². The quantitative estimate of drug-likeness (QED) is 0.854. The van der Waals surface area contributed by atoms with E-state index in [1.54, 1.807) is 24.3 Å². The zero-order chi connectivity index (χ0) is 19.1. The van der Waals surface area contributed by atoms with E-state index in [9.17, 15) is 4.79 Å². The second-order valence-electron chi connectivity index (χ2n) is 6.40. The van der Waals surface area contributed by atoms with Gasteiger partial charge in [0.2, 0.25) is 5.91 Å². The molecule has 2 aromatic rings. The maximum Gasteiger partial charge on any atom is 0.238 e. The number of piperazine rings is 1. The Morgan fingerprint density at radius 1 is 1.15 bits per heavy atom. The zero-order valence-electron chi connectivity index (χ0n) is 15.5. The third-order valence-corrected chi connectivity index (χ3v) is 4.52. The topological polar surface area (TPSA) is 68.6 Å². The molecular formula is C21H24N4O2. The number of para-hydroxylation sites is 2. The van der Waals surface area contributed by atoms with Crippen LogP contribution in [0, 0.1) is 11.3 Å². The Morgan fingerprint density at radius 2 is 1.93 bits per heavy atom. The highest BCUT2D eigenvalue weighted by molar-refractivity contribution is 5.92. The van der Waals surface area contributed by atoms with Crippen molar-refractivity contribution in [2.24, 2.45) is 0 Å². The molecule has 0 unspecified atom stereocenters. The number of carbonyl (C=O) groups excluding carboxylic acids is 1. The highest BCUT2D eigenvalue weighted by atomic mass is 16.5. The highest BCUT2D eigenvalue weighted by Gasteiger charge is 2.21. The number of nitriles is 1. The summed E-state index contributed by atoms with van der Waals surface area (Å²) in [4.78, 5) is 16.7. The van der Waals surface area contributed by atoms with Gasteiger partial charge in [-0.15, -0.1) is 0 Å². The van der Waals surface area contributed by atoms with Crippen molar-refractivity contribution >= 4 is 17.3 Å². The molecule has 1 aliphatic heterocycles. The Morgan fingerprint density at radius 3 is 2.67 bits per heavy atom. The second kappa shape index (κ2) is 9.06. The van der Waals surface area contributed by atoms with Gasteiger partial charge in [-0.05, 0) is 37.3 Å². The van der Waals surface area contributed by atoms with Crippen LogP contribution < -0.4 is 15.0 Å². The second-order valence-corrected chi connectivity index (χ2v) is 6.40. The van der Waals surface area contributed by atoms with Crippen LogP contribution in [0.5, 0.6) is 5.75 Å². The van der Waals surface area contributed by atoms with Crippen molar-refractivity contribution in [2.75, 3.05) is 49.5 Å². The first-order chi connectivity index (χ1) is 13.2. The first kappa shape index (κ1) is 18.7. The molecule has 3 rings (SSSR count). The van der Waals surface area contributed by atoms with Crippen LogP contribution in [0.3, 0.4) is 0 Å². The Hall–Kier alpha value is -3.04. The van der Waals surface area contributed by atoms with Crippen LogP contribution in [0.15, 0.2) is 48.5 Å². The minimum atomic E-state index is -0.0618. The number of nitrogens with zero attached hydrogens (tertiary/aromatic N) is 3. The Bertz CT molecular complexity index is 823. The van der Waals surface area contributed by atoms with Crippen LogP contribution in [0.25, 0.3) is 0 Å². The molecule has 6 nitrogen and oxygen atoms in total. The molecule has 0 radical (unpaired) electrons. The Balaban J connectivity index is 1.52. The maximum atomic E-state index is 12.3. The third-order valence-electron chi connectivity index (χ3n) is 4.52. The van der Waals surface area contributed by atoms with E-state index in [0.717, 1.165) is 37.6 Å². The van der Waals surface area contributed by atoms with Crippen LogP contribution in [-0.2, 0) is 4.79 Å². The molecule has 2 aromatic carbocycles. The summed E-state index contributed by atoms with van der Waals surface area (Å²) >= 11 is 0. The molecule has 1 amide bonds. The minimum Gasteiger partial charge on any atom is -0.492 e. The highest BCUT2D eigenvalue weighted by Crippen LogP contribution is 2.28. The van der Waals surface area contributed by atoms with Gasteiger partial charge in [-0.25, -0.2) is 0 Å². The molecule has 0 aromatic heterocycles. The van der Waals surface area contributed by atoms with Gasteiger partial charge in [0.05, 0.1) is 30.5 Å². The summed E-state index contributed by atoms with van der Waals surface area (Å²) in [6.45, 7) is 6.29. The molecule has 1 fully saturated rings. The predicted octanol–water partition coefficient (Wildman–Crippen LogP) is 2.72. The molecule has 0 bridgehead atoms. The van der Waals surface area contributed by atoms with Crippen molar-refractivity contribution in [1.29, 1.82) is 5.26 Å². The fraction of sp³-hybridized carbons (Fsp3) is 0.333. The predicted molar refractivity (Wildman–Crippen MR) is 106 cm³/mol. The van der Waals surface area contributed by atoms with Gasteiger partial charge in [0.25, 0.3) is 0 Å².